The number of phenolic OH excluding ortho intramolecular Hbond substituents is 1. The Morgan fingerprint density at radius 1 is 1.10 bits per heavy atom. The van der Waals surface area contributed by atoms with Crippen LogP contribution in [-0.2, 0) is 19.3 Å². The van der Waals surface area contributed by atoms with Gasteiger partial charge in [0.2, 0.25) is 0 Å². The molecule has 0 saturated heterocycles. The Morgan fingerprint density at radius 3 is 2.57 bits per heavy atom. The zero-order valence-electron chi connectivity index (χ0n) is 12.5. The average molecular weight is 281 g/mol. The van der Waals surface area contributed by atoms with Gasteiger partial charge in [-0.05, 0) is 61.4 Å². The van der Waals surface area contributed by atoms with Crippen LogP contribution in [0.1, 0.15) is 30.0 Å². The van der Waals surface area contributed by atoms with E-state index in [4.69, 9.17) is 0 Å². The summed E-state index contributed by atoms with van der Waals surface area (Å²) >= 11 is 0. The van der Waals surface area contributed by atoms with E-state index in [1.165, 1.54) is 29.5 Å². The first-order valence-electron chi connectivity index (χ1n) is 7.81. The second kappa shape index (κ2) is 6.31. The van der Waals surface area contributed by atoms with E-state index in [2.05, 4.69) is 36.5 Å². The van der Waals surface area contributed by atoms with Gasteiger partial charge in [-0.15, -0.1) is 0 Å². The van der Waals surface area contributed by atoms with Crippen molar-refractivity contribution in [1.29, 1.82) is 0 Å². The van der Waals surface area contributed by atoms with Gasteiger partial charge in [-0.1, -0.05) is 36.4 Å². The summed E-state index contributed by atoms with van der Waals surface area (Å²) in [5.74, 6) is 0.336. The van der Waals surface area contributed by atoms with Crippen LogP contribution in [0.15, 0.2) is 48.5 Å². The Balaban J connectivity index is 1.56. The van der Waals surface area contributed by atoms with Gasteiger partial charge in [0.1, 0.15) is 5.75 Å². The van der Waals surface area contributed by atoms with E-state index >= 15 is 0 Å². The van der Waals surface area contributed by atoms with Gasteiger partial charge in [-0.2, -0.15) is 0 Å². The van der Waals surface area contributed by atoms with Gasteiger partial charge in [0.05, 0.1) is 0 Å². The Labute approximate surface area is 126 Å². The molecule has 0 fully saturated rings. The molecule has 3 rings (SSSR count). The molecule has 0 bridgehead atoms. The monoisotopic (exact) mass is 281 g/mol. The predicted molar refractivity (Wildman–Crippen MR) is 86.7 cm³/mol. The summed E-state index contributed by atoms with van der Waals surface area (Å²) in [7, 11) is 0. The lowest BCUT2D eigenvalue weighted by Gasteiger charge is -2.28. The maximum atomic E-state index is 9.33. The van der Waals surface area contributed by atoms with E-state index in [1.807, 2.05) is 12.1 Å². The van der Waals surface area contributed by atoms with Crippen LogP contribution < -0.4 is 5.32 Å². The summed E-state index contributed by atoms with van der Waals surface area (Å²) < 4.78 is 0. The van der Waals surface area contributed by atoms with E-state index in [1.54, 1.807) is 12.1 Å². The fraction of sp³-hybridized carbons (Fsp3) is 0.368. The first-order valence-corrected chi connectivity index (χ1v) is 7.81. The lowest BCUT2D eigenvalue weighted by atomic mass is 9.88. The maximum Gasteiger partial charge on any atom is 0.115 e. The smallest absolute Gasteiger partial charge is 0.115 e. The number of aromatic hydroxyl groups is 1. The number of hydrogen-bond donors (Lipinski definition) is 2. The number of rotatable bonds is 4. The Morgan fingerprint density at radius 2 is 1.81 bits per heavy atom. The minimum atomic E-state index is 0.336. The molecule has 0 spiro atoms. The van der Waals surface area contributed by atoms with E-state index in [-0.39, 0.29) is 0 Å². The van der Waals surface area contributed by atoms with Crippen LogP contribution in [0.3, 0.4) is 0 Å². The normalized spacial score (nSPS) is 19.0. The SMILES string of the molecule is CC(Cc1ccc(O)cc1)NC1CCc2ccccc2C1. The van der Waals surface area contributed by atoms with Crippen molar-refractivity contribution in [3.63, 3.8) is 0 Å². The predicted octanol–water partition coefficient (Wildman–Crippen LogP) is 3.47. The van der Waals surface area contributed by atoms with E-state index < -0.39 is 0 Å². The number of nitrogens with one attached hydrogen (secondary N) is 1. The second-order valence-corrected chi connectivity index (χ2v) is 6.15. The molecule has 110 valence electrons. The summed E-state index contributed by atoms with van der Waals surface area (Å²) in [6.07, 6.45) is 4.53. The molecule has 0 heterocycles. The minimum Gasteiger partial charge on any atom is -0.508 e. The molecule has 2 aromatic carbocycles. The fourth-order valence-electron chi connectivity index (χ4n) is 3.29. The lowest BCUT2D eigenvalue weighted by molar-refractivity contribution is 0.405. The van der Waals surface area contributed by atoms with Crippen molar-refractivity contribution >= 4 is 0 Å². The molecular weight excluding hydrogens is 258 g/mol. The van der Waals surface area contributed by atoms with E-state index in [0.29, 0.717) is 17.8 Å². The highest BCUT2D eigenvalue weighted by atomic mass is 16.3. The van der Waals surface area contributed by atoms with Gasteiger partial charge >= 0.3 is 0 Å². The van der Waals surface area contributed by atoms with Crippen LogP contribution in [0.4, 0.5) is 0 Å². The van der Waals surface area contributed by atoms with Gasteiger partial charge in [-0.3, -0.25) is 0 Å². The van der Waals surface area contributed by atoms with Crippen LogP contribution in [0.2, 0.25) is 0 Å². The van der Waals surface area contributed by atoms with E-state index in [0.717, 1.165) is 12.8 Å². The summed E-state index contributed by atoms with van der Waals surface area (Å²) in [6.45, 7) is 2.24. The lowest BCUT2D eigenvalue weighted by Crippen LogP contribution is -2.41. The number of fused-ring (bicyclic) bond motifs is 1. The highest BCUT2D eigenvalue weighted by molar-refractivity contribution is 5.30. The molecule has 2 unspecified atom stereocenters. The van der Waals surface area contributed by atoms with Crippen molar-refractivity contribution in [1.82, 2.24) is 5.32 Å². The summed E-state index contributed by atoms with van der Waals surface area (Å²) in [6, 6.07) is 17.3. The molecular formula is C19H23NO. The largest absolute Gasteiger partial charge is 0.508 e. The zero-order chi connectivity index (χ0) is 14.7. The third-order valence-electron chi connectivity index (χ3n) is 4.35. The van der Waals surface area contributed by atoms with Gasteiger partial charge in [0.15, 0.2) is 0 Å². The molecule has 1 aliphatic carbocycles. The molecule has 0 radical (unpaired) electrons. The number of aryl methyl sites for hydroxylation is 1. The van der Waals surface area contributed by atoms with Crippen LogP contribution in [-0.4, -0.2) is 17.2 Å². The highest BCUT2D eigenvalue weighted by Gasteiger charge is 2.19. The molecule has 0 saturated carbocycles. The standard InChI is InChI=1S/C19H23NO/c1-14(12-15-6-10-19(21)11-7-15)20-18-9-8-16-4-2-3-5-17(16)13-18/h2-7,10-11,14,18,20-21H,8-9,12-13H2,1H3. The maximum absolute atomic E-state index is 9.33. The average Bonchev–Trinajstić information content (AvgIpc) is 2.49. The van der Waals surface area contributed by atoms with Crippen molar-refractivity contribution < 1.29 is 5.11 Å². The minimum absolute atomic E-state index is 0.336. The molecule has 2 aromatic rings. The number of benzene rings is 2. The third kappa shape index (κ3) is 3.64. The van der Waals surface area contributed by atoms with Crippen LogP contribution in [0.5, 0.6) is 5.75 Å². The first kappa shape index (κ1) is 14.2. The molecule has 2 heteroatoms. The quantitative estimate of drug-likeness (QED) is 0.899. The van der Waals surface area contributed by atoms with E-state index in [9.17, 15) is 5.11 Å². The van der Waals surface area contributed by atoms with Crippen molar-refractivity contribution in [3.8, 4) is 5.75 Å². The van der Waals surface area contributed by atoms with Gasteiger partial charge < -0.3 is 10.4 Å². The molecule has 2 nitrogen and oxygen atoms in total. The van der Waals surface area contributed by atoms with Gasteiger partial charge in [-0.25, -0.2) is 0 Å². The molecule has 0 amide bonds. The zero-order valence-corrected chi connectivity index (χ0v) is 12.5. The van der Waals surface area contributed by atoms with Crippen molar-refractivity contribution in [2.45, 2.75) is 44.7 Å². The fourth-order valence-corrected chi connectivity index (χ4v) is 3.29. The number of hydrogen-bond acceptors (Lipinski definition) is 2. The highest BCUT2D eigenvalue weighted by Crippen LogP contribution is 2.21. The van der Waals surface area contributed by atoms with Crippen molar-refractivity contribution in [3.05, 3.63) is 65.2 Å². The molecule has 21 heavy (non-hydrogen) atoms. The van der Waals surface area contributed by atoms with Crippen LogP contribution in [0, 0.1) is 0 Å². The van der Waals surface area contributed by atoms with Crippen LogP contribution in [0.25, 0.3) is 0 Å². The molecule has 0 aliphatic heterocycles. The molecule has 0 aromatic heterocycles. The summed E-state index contributed by atoms with van der Waals surface area (Å²) in [4.78, 5) is 0. The Bertz CT molecular complexity index is 591. The molecule has 1 aliphatic rings. The topological polar surface area (TPSA) is 32.3 Å². The Kier molecular flexibility index (Phi) is 4.26. The Hall–Kier alpha value is -1.80. The summed E-state index contributed by atoms with van der Waals surface area (Å²) in [5, 5.41) is 13.1. The second-order valence-electron chi connectivity index (χ2n) is 6.15. The van der Waals surface area contributed by atoms with Crippen molar-refractivity contribution in [2.24, 2.45) is 0 Å². The first-order chi connectivity index (χ1) is 10.2. The third-order valence-corrected chi connectivity index (χ3v) is 4.35. The molecule has 2 N–H and O–H groups in total. The van der Waals surface area contributed by atoms with Gasteiger partial charge in [0, 0.05) is 12.1 Å². The van der Waals surface area contributed by atoms with Gasteiger partial charge in [0.25, 0.3) is 0 Å². The molecule has 2 atom stereocenters. The van der Waals surface area contributed by atoms with Crippen LogP contribution >= 0.6 is 0 Å². The summed E-state index contributed by atoms with van der Waals surface area (Å²) in [5.41, 5.74) is 4.28. The van der Waals surface area contributed by atoms with Crippen molar-refractivity contribution in [2.75, 3.05) is 0 Å². The number of phenols is 1.